The van der Waals surface area contributed by atoms with Crippen LogP contribution in [0, 0.1) is 0 Å². The van der Waals surface area contributed by atoms with Crippen molar-refractivity contribution < 1.29 is 42.1 Å². The molecule has 10 heteroatoms. The molecule has 0 aromatic heterocycles. The number of carbonyl (C=O) groups is 2. The number of allylic oxidation sites excluding steroid dienone is 14. The van der Waals surface area contributed by atoms with Crippen LogP contribution in [0.1, 0.15) is 155 Å². The first-order valence-corrected chi connectivity index (χ1v) is 23.8. The lowest BCUT2D eigenvalue weighted by Crippen LogP contribution is -2.37. The number of phosphoric acid groups is 1. The van der Waals surface area contributed by atoms with Crippen LogP contribution in [-0.4, -0.2) is 70.0 Å². The van der Waals surface area contributed by atoms with Gasteiger partial charge in [0.05, 0.1) is 27.7 Å². The third-order valence-electron chi connectivity index (χ3n) is 8.90. The lowest BCUT2D eigenvalue weighted by molar-refractivity contribution is -0.870. The van der Waals surface area contributed by atoms with E-state index in [-0.39, 0.29) is 26.1 Å². The molecular weight excluding hydrogens is 750 g/mol. The number of nitrogens with zero attached hydrogens (tertiary/aromatic N) is 1. The lowest BCUT2D eigenvalue weighted by Gasteiger charge is -2.28. The van der Waals surface area contributed by atoms with E-state index >= 15 is 0 Å². The number of esters is 2. The van der Waals surface area contributed by atoms with Gasteiger partial charge in [-0.3, -0.25) is 14.2 Å². The minimum atomic E-state index is -4.65. The van der Waals surface area contributed by atoms with E-state index in [1.54, 1.807) is 0 Å². The molecule has 0 fully saturated rings. The van der Waals surface area contributed by atoms with E-state index in [1.165, 1.54) is 38.5 Å². The molecule has 0 rings (SSSR count). The standard InChI is InChI=1S/C48H82NO8P/c1-6-8-10-12-14-16-18-20-22-24-26-28-30-32-34-36-38-40-47(50)54-44-46(45-56-58(52,53)55-43-42-49(3,4)5)57-48(51)41-39-37-35-33-31-29-27-25-23-21-19-17-15-13-11-9-7-2/h8,10,14,16,20-23,26-29,33,35,46H,6-7,9,11-13,15,17-19,24-25,30-32,34,36-45H2,1-5H3/b10-8-,16-14-,22-20-,23-21-,28-26-,29-27-,35-33-/t46-/m1/s1. The molecule has 0 saturated heterocycles. The minimum absolute atomic E-state index is 0.0488. The van der Waals surface area contributed by atoms with Gasteiger partial charge in [-0.25, -0.2) is 0 Å². The Balaban J connectivity index is 4.50. The number of rotatable bonds is 39. The fourth-order valence-corrected chi connectivity index (χ4v) is 6.15. The monoisotopic (exact) mass is 832 g/mol. The van der Waals surface area contributed by atoms with Crippen molar-refractivity contribution in [2.45, 2.75) is 161 Å². The van der Waals surface area contributed by atoms with E-state index in [4.69, 9.17) is 18.5 Å². The van der Waals surface area contributed by atoms with Crippen LogP contribution < -0.4 is 4.89 Å². The Morgan fingerprint density at radius 3 is 1.52 bits per heavy atom. The van der Waals surface area contributed by atoms with Gasteiger partial charge >= 0.3 is 11.9 Å². The van der Waals surface area contributed by atoms with Crippen LogP contribution in [0.2, 0.25) is 0 Å². The van der Waals surface area contributed by atoms with Crippen molar-refractivity contribution in [1.29, 1.82) is 0 Å². The first kappa shape index (κ1) is 55.2. The van der Waals surface area contributed by atoms with Gasteiger partial charge in [0.2, 0.25) is 0 Å². The summed E-state index contributed by atoms with van der Waals surface area (Å²) >= 11 is 0. The largest absolute Gasteiger partial charge is 0.756 e. The van der Waals surface area contributed by atoms with E-state index in [9.17, 15) is 19.0 Å². The first-order chi connectivity index (χ1) is 28.0. The number of hydrogen-bond acceptors (Lipinski definition) is 8. The predicted molar refractivity (Wildman–Crippen MR) is 240 cm³/mol. The summed E-state index contributed by atoms with van der Waals surface area (Å²) in [4.78, 5) is 37.5. The molecule has 9 nitrogen and oxygen atoms in total. The molecule has 0 aliphatic carbocycles. The average molecular weight is 832 g/mol. The quantitative estimate of drug-likeness (QED) is 0.0198. The highest BCUT2D eigenvalue weighted by Crippen LogP contribution is 2.38. The molecule has 0 aromatic carbocycles. The molecule has 58 heavy (non-hydrogen) atoms. The second-order valence-electron chi connectivity index (χ2n) is 15.7. The van der Waals surface area contributed by atoms with Gasteiger partial charge in [-0.15, -0.1) is 0 Å². The molecule has 2 atom stereocenters. The number of hydrogen-bond donors (Lipinski definition) is 0. The van der Waals surface area contributed by atoms with Gasteiger partial charge in [-0.1, -0.05) is 144 Å². The lowest BCUT2D eigenvalue weighted by atomic mass is 10.1. The Hall–Kier alpha value is -2.81. The summed E-state index contributed by atoms with van der Waals surface area (Å²) in [5, 5.41) is 0. The summed E-state index contributed by atoms with van der Waals surface area (Å²) in [5.41, 5.74) is 0. The molecule has 0 aliphatic rings. The normalized spacial score (nSPS) is 14.4. The van der Waals surface area contributed by atoms with Crippen LogP contribution in [0.15, 0.2) is 85.1 Å². The molecule has 0 aromatic rings. The molecule has 0 spiro atoms. The molecule has 0 aliphatic heterocycles. The van der Waals surface area contributed by atoms with E-state index in [0.717, 1.165) is 70.6 Å². The van der Waals surface area contributed by atoms with Crippen LogP contribution in [0.5, 0.6) is 0 Å². The summed E-state index contributed by atoms with van der Waals surface area (Å²) in [6, 6.07) is 0. The molecule has 332 valence electrons. The second-order valence-corrected chi connectivity index (χ2v) is 17.1. The minimum Gasteiger partial charge on any atom is -0.756 e. The summed E-state index contributed by atoms with van der Waals surface area (Å²) in [5.74, 6) is -0.932. The third kappa shape index (κ3) is 42.8. The van der Waals surface area contributed by atoms with Crippen LogP contribution in [0.4, 0.5) is 0 Å². The van der Waals surface area contributed by atoms with Gasteiger partial charge < -0.3 is 27.9 Å². The Labute approximate surface area is 354 Å². The fourth-order valence-electron chi connectivity index (χ4n) is 5.42. The highest BCUT2D eigenvalue weighted by atomic mass is 31.2. The summed E-state index contributed by atoms with van der Waals surface area (Å²) in [7, 11) is 1.10. The number of carbonyl (C=O) groups excluding carboxylic acids is 2. The maximum absolute atomic E-state index is 12.7. The molecule has 1 unspecified atom stereocenters. The van der Waals surface area contributed by atoms with Crippen molar-refractivity contribution >= 4 is 19.8 Å². The van der Waals surface area contributed by atoms with Gasteiger partial charge in [0, 0.05) is 12.8 Å². The molecule has 0 radical (unpaired) electrons. The van der Waals surface area contributed by atoms with Crippen molar-refractivity contribution in [2.75, 3.05) is 47.5 Å². The fraction of sp³-hybridized carbons (Fsp3) is 0.667. The maximum atomic E-state index is 12.7. The topological polar surface area (TPSA) is 111 Å². The van der Waals surface area contributed by atoms with E-state index in [2.05, 4.69) is 92.8 Å². The number of ether oxygens (including phenoxy) is 2. The van der Waals surface area contributed by atoms with Crippen molar-refractivity contribution in [3.05, 3.63) is 85.1 Å². The van der Waals surface area contributed by atoms with Gasteiger partial charge in [-0.2, -0.15) is 0 Å². The Morgan fingerprint density at radius 1 is 0.552 bits per heavy atom. The number of phosphoric ester groups is 1. The number of quaternary nitrogens is 1. The zero-order valence-electron chi connectivity index (χ0n) is 37.2. The molecule has 0 heterocycles. The number of unbranched alkanes of at least 4 members (excludes halogenated alkanes) is 11. The summed E-state index contributed by atoms with van der Waals surface area (Å²) < 4.78 is 33.8. The Bertz CT molecular complexity index is 1260. The number of likely N-dealkylation sites (N-methyl/N-ethyl adjacent to an activating group) is 1. The van der Waals surface area contributed by atoms with E-state index < -0.39 is 32.5 Å². The van der Waals surface area contributed by atoms with E-state index in [1.807, 2.05) is 27.2 Å². The highest BCUT2D eigenvalue weighted by Gasteiger charge is 2.21. The zero-order valence-corrected chi connectivity index (χ0v) is 38.1. The first-order valence-electron chi connectivity index (χ1n) is 22.3. The van der Waals surface area contributed by atoms with Crippen molar-refractivity contribution in [2.24, 2.45) is 0 Å². The Kier molecular flexibility index (Phi) is 37.7. The van der Waals surface area contributed by atoms with Crippen LogP contribution >= 0.6 is 7.82 Å². The molecule has 0 amide bonds. The van der Waals surface area contributed by atoms with Crippen molar-refractivity contribution in [1.82, 2.24) is 0 Å². The predicted octanol–water partition coefficient (Wildman–Crippen LogP) is 12.2. The highest BCUT2D eigenvalue weighted by molar-refractivity contribution is 7.45. The van der Waals surface area contributed by atoms with Crippen molar-refractivity contribution in [3.63, 3.8) is 0 Å². The summed E-state index contributed by atoms with van der Waals surface area (Å²) in [6.07, 6.45) is 50.5. The molecule has 0 bridgehead atoms. The van der Waals surface area contributed by atoms with Gasteiger partial charge in [-0.05, 0) is 83.5 Å². The second kappa shape index (κ2) is 39.6. The maximum Gasteiger partial charge on any atom is 0.306 e. The van der Waals surface area contributed by atoms with Crippen LogP contribution in [0.3, 0.4) is 0 Å². The van der Waals surface area contributed by atoms with Gasteiger partial charge in [0.25, 0.3) is 7.82 Å². The SMILES string of the molecule is CC/C=C\C/C=C\C/C=C\C/C=C\CCCCCCC(=O)OC[C@H](COP(=O)([O-])OCC[N+](C)(C)C)OC(=O)CCC/C=C\C/C=C\C/C=C\CCCCCCCC. The summed E-state index contributed by atoms with van der Waals surface area (Å²) in [6.45, 7) is 4.00. The zero-order chi connectivity index (χ0) is 42.8. The molecule has 0 saturated carbocycles. The van der Waals surface area contributed by atoms with Crippen molar-refractivity contribution in [3.8, 4) is 0 Å². The van der Waals surface area contributed by atoms with Gasteiger partial charge in [0.1, 0.15) is 19.8 Å². The third-order valence-corrected chi connectivity index (χ3v) is 9.86. The average Bonchev–Trinajstić information content (AvgIpc) is 3.17. The smallest absolute Gasteiger partial charge is 0.306 e. The molecule has 0 N–H and O–H groups in total. The van der Waals surface area contributed by atoms with Crippen LogP contribution in [-0.2, 0) is 32.7 Å². The van der Waals surface area contributed by atoms with E-state index in [0.29, 0.717) is 30.3 Å². The van der Waals surface area contributed by atoms with Gasteiger partial charge in [0.15, 0.2) is 6.10 Å². The van der Waals surface area contributed by atoms with Crippen LogP contribution in [0.25, 0.3) is 0 Å². The Morgan fingerprint density at radius 2 is 1.00 bits per heavy atom. The molecular formula is C48H82NO8P.